The summed E-state index contributed by atoms with van der Waals surface area (Å²) in [6.45, 7) is 9.08. The van der Waals surface area contributed by atoms with E-state index in [0.29, 0.717) is 35.7 Å². The standard InChI is InChI=1S/C51H67N13O8S/c1-30(32-20-22-33(23-21-32)45-31(2)55-29-73-45)56-48(69)38-24-34(65)27-64(38)50(71)46(51(3,4)5)59-41(67)19-14-12-10-9-11-13-18-40(66)53-26-42(68)58-39-25-37(43(61-60-39)49(70)52-6)57-36-17-15-16-35(44(36)72-8)47-54-28-63(7)62-47/h15-17,20-23,25,28-30,34,38,46,65H,9-14,18-19,24,26-27H2,1-8H3,(H,52,70)(H,53,66)(H,56,69)(H,59,67)(H2,57,58,60,68)/t30-,34+,38-,46+/m0/s1. The lowest BCUT2D eigenvalue weighted by Crippen LogP contribution is -2.57. The average Bonchev–Trinajstić information content (AvgIpc) is 4.11. The van der Waals surface area contributed by atoms with Gasteiger partial charge in [-0.05, 0) is 55.4 Å². The zero-order chi connectivity index (χ0) is 52.8. The van der Waals surface area contributed by atoms with E-state index in [2.05, 4.69) is 57.2 Å². The second-order valence-corrected chi connectivity index (χ2v) is 20.0. The molecule has 1 aliphatic heterocycles. The third kappa shape index (κ3) is 14.9. The number of nitrogens with zero attached hydrogens (tertiary/aromatic N) is 7. The van der Waals surface area contributed by atoms with Gasteiger partial charge in [-0.15, -0.1) is 21.5 Å². The van der Waals surface area contributed by atoms with E-state index in [1.54, 1.807) is 47.6 Å². The van der Waals surface area contributed by atoms with Gasteiger partial charge in [0, 0.05) is 46.0 Å². The van der Waals surface area contributed by atoms with Crippen LogP contribution in [0.25, 0.3) is 21.8 Å². The molecule has 390 valence electrons. The van der Waals surface area contributed by atoms with Gasteiger partial charge in [-0.25, -0.2) is 9.97 Å². The number of ether oxygens (including phenoxy) is 1. The van der Waals surface area contributed by atoms with Crippen molar-refractivity contribution in [3.05, 3.63) is 77.3 Å². The first-order valence-corrected chi connectivity index (χ1v) is 25.3. The number of amides is 6. The number of carbonyl (C=O) groups excluding carboxylic acids is 6. The molecule has 2 aromatic carbocycles. The van der Waals surface area contributed by atoms with Crippen LogP contribution in [0.3, 0.4) is 0 Å². The largest absolute Gasteiger partial charge is 0.494 e. The maximum absolute atomic E-state index is 14.1. The van der Waals surface area contributed by atoms with Gasteiger partial charge in [0.05, 0.1) is 58.8 Å². The molecule has 4 atom stereocenters. The molecule has 0 radical (unpaired) electrons. The number of aryl methyl sites for hydroxylation is 2. The van der Waals surface area contributed by atoms with Gasteiger partial charge >= 0.3 is 0 Å². The maximum Gasteiger partial charge on any atom is 0.273 e. The number of aliphatic hydroxyl groups excluding tert-OH is 1. The summed E-state index contributed by atoms with van der Waals surface area (Å²) in [5, 5.41) is 39.9. The highest BCUT2D eigenvalue weighted by atomic mass is 32.1. The highest BCUT2D eigenvalue weighted by molar-refractivity contribution is 7.13. The number of hydrogen-bond donors (Lipinski definition) is 7. The summed E-state index contributed by atoms with van der Waals surface area (Å²) in [6.07, 6.45) is 5.65. The average molecular weight is 1020 g/mol. The Balaban J connectivity index is 0.890. The van der Waals surface area contributed by atoms with Crippen LogP contribution in [0.15, 0.2) is 60.4 Å². The molecular formula is C51H67N13O8S. The predicted octanol–water partition coefficient (Wildman–Crippen LogP) is 5.36. The molecule has 6 rings (SSSR count). The zero-order valence-corrected chi connectivity index (χ0v) is 43.5. The first kappa shape index (κ1) is 55.0. The smallest absolute Gasteiger partial charge is 0.273 e. The molecule has 5 aromatic rings. The molecule has 1 aliphatic rings. The van der Waals surface area contributed by atoms with Crippen molar-refractivity contribution in [3.8, 4) is 27.6 Å². The van der Waals surface area contributed by atoms with Gasteiger partial charge < -0.3 is 46.6 Å². The molecule has 21 nitrogen and oxygen atoms in total. The van der Waals surface area contributed by atoms with Gasteiger partial charge in [-0.1, -0.05) is 76.8 Å². The van der Waals surface area contributed by atoms with Gasteiger partial charge in [0.15, 0.2) is 23.1 Å². The fraction of sp³-hybridized carbons (Fsp3) is 0.471. The van der Waals surface area contributed by atoms with Crippen molar-refractivity contribution in [2.45, 2.75) is 117 Å². The van der Waals surface area contributed by atoms with Crippen molar-refractivity contribution >= 4 is 64.0 Å². The highest BCUT2D eigenvalue weighted by Crippen LogP contribution is 2.37. The second-order valence-electron chi connectivity index (χ2n) is 19.2. The molecule has 7 N–H and O–H groups in total. The van der Waals surface area contributed by atoms with Crippen molar-refractivity contribution in [3.63, 3.8) is 0 Å². The van der Waals surface area contributed by atoms with Crippen molar-refractivity contribution < 1.29 is 38.6 Å². The summed E-state index contributed by atoms with van der Waals surface area (Å²) in [7, 11) is 4.70. The molecular weight excluding hydrogens is 955 g/mol. The minimum absolute atomic E-state index is 0.0130. The fourth-order valence-corrected chi connectivity index (χ4v) is 9.27. The Bertz CT molecular complexity index is 2740. The molecule has 0 saturated carbocycles. The minimum Gasteiger partial charge on any atom is -0.494 e. The Morgan fingerprint density at radius 1 is 0.890 bits per heavy atom. The molecule has 0 aliphatic carbocycles. The van der Waals surface area contributed by atoms with Crippen LogP contribution in [0.5, 0.6) is 5.75 Å². The van der Waals surface area contributed by atoms with Crippen LogP contribution in [0.1, 0.15) is 113 Å². The quantitative estimate of drug-likeness (QED) is 0.0406. The van der Waals surface area contributed by atoms with Crippen molar-refractivity contribution in [2.75, 3.05) is 37.9 Å². The van der Waals surface area contributed by atoms with E-state index >= 15 is 0 Å². The zero-order valence-electron chi connectivity index (χ0n) is 42.7. The molecule has 4 heterocycles. The van der Waals surface area contributed by atoms with Gasteiger partial charge in [-0.2, -0.15) is 5.10 Å². The molecule has 3 aromatic heterocycles. The molecule has 0 unspecified atom stereocenters. The number of rotatable bonds is 23. The van der Waals surface area contributed by atoms with Crippen LogP contribution >= 0.6 is 11.3 Å². The lowest BCUT2D eigenvalue weighted by Gasteiger charge is -2.35. The minimum atomic E-state index is -0.917. The monoisotopic (exact) mass is 1020 g/mol. The Hall–Kier alpha value is -7.33. The fourth-order valence-electron chi connectivity index (χ4n) is 8.45. The number of likely N-dealkylation sites (tertiary alicyclic amines) is 1. The number of unbranched alkanes of at least 4 members (excludes halogenated alkanes) is 5. The number of thiazole rings is 1. The molecule has 73 heavy (non-hydrogen) atoms. The van der Waals surface area contributed by atoms with E-state index in [-0.39, 0.29) is 73.3 Å². The van der Waals surface area contributed by atoms with Gasteiger partial charge in [0.2, 0.25) is 29.5 Å². The van der Waals surface area contributed by atoms with E-state index in [1.165, 1.54) is 25.1 Å². The maximum atomic E-state index is 14.1. The molecule has 1 saturated heterocycles. The highest BCUT2D eigenvalue weighted by Gasteiger charge is 2.44. The van der Waals surface area contributed by atoms with Crippen LogP contribution in [-0.4, -0.2) is 121 Å². The van der Waals surface area contributed by atoms with Crippen LogP contribution in [0, 0.1) is 12.3 Å². The molecule has 6 amide bonds. The van der Waals surface area contributed by atoms with E-state index in [9.17, 15) is 33.9 Å². The van der Waals surface area contributed by atoms with Gasteiger partial charge in [0.1, 0.15) is 18.4 Å². The number of methoxy groups -OCH3 is 1. The Morgan fingerprint density at radius 2 is 1.59 bits per heavy atom. The first-order valence-electron chi connectivity index (χ1n) is 24.4. The predicted molar refractivity (Wildman–Crippen MR) is 277 cm³/mol. The van der Waals surface area contributed by atoms with Crippen molar-refractivity contribution in [2.24, 2.45) is 12.5 Å². The second kappa shape index (κ2) is 25.4. The Kier molecular flexibility index (Phi) is 19.1. The number of benzene rings is 2. The number of para-hydroxylation sites is 1. The van der Waals surface area contributed by atoms with Crippen molar-refractivity contribution in [1.29, 1.82) is 0 Å². The third-order valence-corrected chi connectivity index (χ3v) is 13.4. The summed E-state index contributed by atoms with van der Waals surface area (Å²) in [5.74, 6) is -1.52. The van der Waals surface area contributed by atoms with E-state index in [1.807, 2.05) is 64.4 Å². The molecule has 0 spiro atoms. The number of β-amino-alcohol motifs (C(OH)–C–C–N with tert-alkyl or cyclic N) is 1. The number of hydrogen-bond acceptors (Lipinski definition) is 15. The number of aliphatic hydroxyl groups is 1. The van der Waals surface area contributed by atoms with E-state index in [0.717, 1.165) is 47.4 Å². The Morgan fingerprint density at radius 3 is 2.22 bits per heavy atom. The normalized spacial score (nSPS) is 15.2. The molecule has 22 heteroatoms. The first-order chi connectivity index (χ1) is 34.9. The van der Waals surface area contributed by atoms with Crippen LogP contribution in [-0.2, 0) is 31.0 Å². The summed E-state index contributed by atoms with van der Waals surface area (Å²) in [4.78, 5) is 90.3. The number of anilines is 3. The molecule has 1 fully saturated rings. The van der Waals surface area contributed by atoms with E-state index in [4.69, 9.17) is 4.74 Å². The van der Waals surface area contributed by atoms with E-state index < -0.39 is 41.3 Å². The lowest BCUT2D eigenvalue weighted by atomic mass is 9.85. The lowest BCUT2D eigenvalue weighted by molar-refractivity contribution is -0.144. The van der Waals surface area contributed by atoms with Crippen LogP contribution in [0.4, 0.5) is 17.2 Å². The number of aromatic nitrogens is 6. The van der Waals surface area contributed by atoms with Crippen LogP contribution < -0.4 is 36.6 Å². The topological polar surface area (TPSA) is 277 Å². The summed E-state index contributed by atoms with van der Waals surface area (Å²) in [5.41, 5.74) is 5.30. The third-order valence-electron chi connectivity index (χ3n) is 12.4. The SMILES string of the molecule is CNC(=O)c1nnc(NC(=O)CNC(=O)CCCCCCCCC(=O)N[C@H](C(=O)N2C[C@H](O)C[C@H]2C(=O)N[C@@H](C)c2ccc(-c3scnc3C)cc2)C(C)(C)C)cc1Nc1cccc(-c2ncn(C)n2)c1OC. The van der Waals surface area contributed by atoms with Gasteiger partial charge in [0.25, 0.3) is 5.91 Å². The number of nitrogens with one attached hydrogen (secondary N) is 6. The van der Waals surface area contributed by atoms with Crippen LogP contribution in [0.2, 0.25) is 0 Å². The number of carbonyl (C=O) groups is 6. The van der Waals surface area contributed by atoms with Gasteiger partial charge in [-0.3, -0.25) is 33.4 Å². The Labute approximate surface area is 429 Å². The summed E-state index contributed by atoms with van der Waals surface area (Å²) >= 11 is 1.57. The molecule has 0 bridgehead atoms. The van der Waals surface area contributed by atoms with Crippen molar-refractivity contribution in [1.82, 2.24) is 56.1 Å². The summed E-state index contributed by atoms with van der Waals surface area (Å²) < 4.78 is 7.25. The summed E-state index contributed by atoms with van der Waals surface area (Å²) in [6, 6.07) is 12.5.